The number of carbonyl (C=O) groups is 16. The van der Waals surface area contributed by atoms with Gasteiger partial charge in [-0.3, -0.25) is 76.7 Å². The lowest BCUT2D eigenvalue weighted by atomic mass is 10.0. The van der Waals surface area contributed by atoms with Crippen LogP contribution in [0.25, 0.3) is 10.9 Å². The molecule has 0 saturated carbocycles. The number of nitrogens with one attached hydrogen (secondary N) is 13. The summed E-state index contributed by atoms with van der Waals surface area (Å²) in [6, 6.07) is 6.58. The molecular weight excluding hydrogens is 1880 g/mol. The van der Waals surface area contributed by atoms with Crippen molar-refractivity contribution in [3.8, 4) is 5.75 Å². The Morgan fingerprint density at radius 1 is 0.377 bits per heavy atom. The van der Waals surface area contributed by atoms with Gasteiger partial charge in [0, 0.05) is 68.5 Å². The largest absolute Gasteiger partial charge is 0.508 e. The molecule has 0 bridgehead atoms. The Morgan fingerprint density at radius 2 is 0.725 bits per heavy atom. The van der Waals surface area contributed by atoms with E-state index >= 15 is 0 Å². The number of ether oxygens (including phenoxy) is 12. The first kappa shape index (κ1) is 119. The molecule has 1 heterocycles. The van der Waals surface area contributed by atoms with E-state index in [1.807, 2.05) is 0 Å². The molecule has 138 heavy (non-hydrogen) atoms. The number of hydrogen-bond donors (Lipinski definition) is 20. The number of aromatic amines is 1. The maximum Gasteiger partial charge on any atom is 0.305 e. The Hall–Kier alpha value is -11.0. The van der Waals surface area contributed by atoms with E-state index in [1.54, 1.807) is 73.3 Å². The third kappa shape index (κ3) is 53.8. The zero-order valence-electron chi connectivity index (χ0n) is 77.6. The number of benzene rings is 3. The first-order valence-electron chi connectivity index (χ1n) is 44.5. The van der Waals surface area contributed by atoms with Gasteiger partial charge in [0.25, 0.3) is 0 Å². The summed E-state index contributed by atoms with van der Waals surface area (Å²) >= 11 is 6.71. The van der Waals surface area contributed by atoms with Crippen molar-refractivity contribution in [3.63, 3.8) is 0 Å². The number of nitrogens with two attached hydrogens (primary N) is 2. The van der Waals surface area contributed by atoms with Gasteiger partial charge in [-0.05, 0) is 71.7 Å². The number of carbonyl (C=O) groups excluding carboxylic acids is 13. The number of para-hydroxylation sites is 1. The number of phenols is 1. The summed E-state index contributed by atoms with van der Waals surface area (Å²) in [5.74, 6) is -15.4. The van der Waals surface area contributed by atoms with Crippen LogP contribution in [0.1, 0.15) is 62.1 Å². The average Bonchev–Trinajstić information content (AvgIpc) is 1.69. The summed E-state index contributed by atoms with van der Waals surface area (Å²) in [5, 5.41) is 69.3. The molecule has 10 atom stereocenters. The lowest BCUT2D eigenvalue weighted by Crippen LogP contribution is -2.59. The Bertz CT molecular complexity index is 4350. The molecule has 4 aromatic rings. The monoisotopic (exact) mass is 2010 g/mol. The van der Waals surface area contributed by atoms with Crippen LogP contribution in [0.2, 0.25) is 0 Å². The highest BCUT2D eigenvalue weighted by molar-refractivity contribution is 7.98. The molecule has 0 fully saturated rings. The number of amides is 13. The molecule has 47 nitrogen and oxygen atoms in total. The Labute approximate surface area is 812 Å². The number of aromatic hydroxyl groups is 1. The number of rotatable bonds is 81. The van der Waals surface area contributed by atoms with E-state index in [0.717, 1.165) is 0 Å². The van der Waals surface area contributed by atoms with Crippen molar-refractivity contribution in [2.24, 2.45) is 11.5 Å². The number of H-pyrrole nitrogens is 1. The van der Waals surface area contributed by atoms with Crippen LogP contribution in [0.4, 0.5) is 0 Å². The van der Waals surface area contributed by atoms with E-state index in [1.165, 1.54) is 54.7 Å². The van der Waals surface area contributed by atoms with Gasteiger partial charge >= 0.3 is 17.9 Å². The molecule has 770 valence electrons. The minimum absolute atomic E-state index is 0.0317. The number of thiol groups is 1. The summed E-state index contributed by atoms with van der Waals surface area (Å²) in [4.78, 5) is 212. The lowest BCUT2D eigenvalue weighted by molar-refractivity contribution is -0.142. The fourth-order valence-corrected chi connectivity index (χ4v) is 13.6. The van der Waals surface area contributed by atoms with Crippen LogP contribution < -0.4 is 75.3 Å². The quantitative estimate of drug-likeness (QED) is 0.0148. The van der Waals surface area contributed by atoms with Gasteiger partial charge in [0.1, 0.15) is 66.2 Å². The summed E-state index contributed by atoms with van der Waals surface area (Å²) in [5.41, 5.74) is 13.6. The van der Waals surface area contributed by atoms with E-state index in [-0.39, 0.29) is 127 Å². The van der Waals surface area contributed by atoms with E-state index in [4.69, 9.17) is 68.3 Å². The smallest absolute Gasteiger partial charge is 0.305 e. The number of fused-ring (bicyclic) bond motifs is 1. The van der Waals surface area contributed by atoms with Crippen LogP contribution in [-0.2, 0) is 153 Å². The van der Waals surface area contributed by atoms with Gasteiger partial charge in [-0.2, -0.15) is 36.2 Å². The first-order chi connectivity index (χ1) is 66.4. The number of aromatic nitrogens is 1. The second-order valence-electron chi connectivity index (χ2n) is 30.4. The second-order valence-corrected chi connectivity index (χ2v) is 32.7. The van der Waals surface area contributed by atoms with Crippen LogP contribution in [-0.4, -0.2) is 388 Å². The highest BCUT2D eigenvalue weighted by atomic mass is 32.2. The van der Waals surface area contributed by atoms with Gasteiger partial charge in [-0.1, -0.05) is 60.7 Å². The van der Waals surface area contributed by atoms with Gasteiger partial charge in [-0.25, -0.2) is 0 Å². The van der Waals surface area contributed by atoms with Crippen molar-refractivity contribution in [2.75, 3.05) is 208 Å². The number of hydrogen-bond acceptors (Lipinski definition) is 33. The number of phenolic OH excluding ortho intramolecular Hbond substituents is 1. The number of aliphatic carboxylic acids is 3. The summed E-state index contributed by atoms with van der Waals surface area (Å²) in [6.45, 7) is 6.96. The molecule has 0 aliphatic carbocycles. The molecule has 13 amide bonds. The molecule has 50 heteroatoms. The van der Waals surface area contributed by atoms with Crippen LogP contribution in [0.3, 0.4) is 0 Å². The summed E-state index contributed by atoms with van der Waals surface area (Å²) in [6.07, 6.45) is 1.53. The van der Waals surface area contributed by atoms with Crippen molar-refractivity contribution in [1.82, 2.24) is 68.8 Å². The van der Waals surface area contributed by atoms with E-state index in [0.29, 0.717) is 133 Å². The van der Waals surface area contributed by atoms with Gasteiger partial charge < -0.3 is 158 Å². The van der Waals surface area contributed by atoms with Crippen molar-refractivity contribution in [1.29, 1.82) is 0 Å². The van der Waals surface area contributed by atoms with Crippen molar-refractivity contribution in [2.45, 2.75) is 125 Å². The van der Waals surface area contributed by atoms with Crippen LogP contribution in [0.5, 0.6) is 5.75 Å². The highest BCUT2D eigenvalue weighted by Gasteiger charge is 2.36. The molecule has 21 N–H and O–H groups in total. The Balaban J connectivity index is 1.07. The maximum atomic E-state index is 14.6. The molecule has 3 aromatic carbocycles. The van der Waals surface area contributed by atoms with Gasteiger partial charge in [0.15, 0.2) is 0 Å². The Kier molecular flexibility index (Phi) is 62.6. The standard InChI is InChI=1S/C88H133N15O32S3/c1-57(104)92-54-63(89)80(115)100-71(51-77(110)111)88(123)103-73(56-136)82(117)91-20-22-125-24-26-127-28-30-129-32-34-131-36-38-133-40-42-135-44-43-134-41-39-132-37-35-130-33-31-128-29-27-126-25-23-124-21-17-74(106)95-70(50-76(108)109)86(121)101-68(48-59-13-15-61(105)16-14-59)84(119)97-65(18-45-137-2)81(116)94-55-75(107)96-69(49-60-53-93-64-12-8-7-11-62(60)64)85(120)98-66(19-46-138-3)83(118)102-72(52-78(112)113)87(122)99-67(79(90)114)47-58-9-5-4-6-10-58/h4-16,53,63,65-73,93,105,136H,17-52,54-56,89H2,1-3H3,(H2,90,114)(H,91,117)(H,92,104)(H,94,116)(H,95,106)(H,96,107)(H,97,119)(H,98,120)(H,99,122)(H,100,115)(H,101,121)(H,102,118)(H,103,123)(H,108,109)(H,110,111)(H,112,113)/t63-,65-,66-,67-,68-,69-,70-,71-,72-,73-/m0/s1. The molecule has 0 radical (unpaired) electrons. The SMILES string of the molecule is CSCC[C@H](NC(=O)[C@H](Cc1ccc(O)cc1)NC(=O)[C@H](CC(=O)O)NC(=O)CCOCCOCCOCCOCCOCCOCCOCCOCCOCCOCCOCCOCCNC(=O)[C@H](CS)NC(=O)[C@H](CC(=O)O)NC(=O)[C@@H](N)CNC(C)=O)C(=O)NCC(=O)N[C@@H](Cc1c[nH]c2ccccc12)C(=O)N[C@@H](CCSC)C(=O)N[C@@H](CC(=O)O)C(=O)N[C@@H](Cc1ccccc1)C(N)=O. The van der Waals surface area contributed by atoms with Crippen LogP contribution in [0, 0.1) is 0 Å². The topological polar surface area (TPSA) is 677 Å². The Morgan fingerprint density at radius 3 is 1.17 bits per heavy atom. The third-order valence-electron chi connectivity index (χ3n) is 19.5. The second kappa shape index (κ2) is 72.4. The minimum atomic E-state index is -1.76. The van der Waals surface area contributed by atoms with Gasteiger partial charge in [0.2, 0.25) is 76.8 Å². The van der Waals surface area contributed by atoms with Crippen molar-refractivity contribution >= 4 is 142 Å². The third-order valence-corrected chi connectivity index (χ3v) is 21.2. The number of thioether (sulfide) groups is 2. The molecule has 0 unspecified atom stereocenters. The first-order valence-corrected chi connectivity index (χ1v) is 47.9. The zero-order chi connectivity index (χ0) is 101. The van der Waals surface area contributed by atoms with Crippen molar-refractivity contribution in [3.05, 3.63) is 102 Å². The molecule has 0 aliphatic heterocycles. The van der Waals surface area contributed by atoms with E-state index < -0.39 is 181 Å². The van der Waals surface area contributed by atoms with E-state index in [9.17, 15) is 97.1 Å². The van der Waals surface area contributed by atoms with Crippen LogP contribution >= 0.6 is 36.2 Å². The van der Waals surface area contributed by atoms with E-state index in [2.05, 4.69) is 81.4 Å². The zero-order valence-corrected chi connectivity index (χ0v) is 80.1. The molecule has 4 rings (SSSR count). The van der Waals surface area contributed by atoms with Crippen LogP contribution in [0.15, 0.2) is 85.1 Å². The average molecular weight is 2010 g/mol. The maximum absolute atomic E-state index is 14.6. The molecular formula is C88H133N15O32S3. The summed E-state index contributed by atoms with van der Waals surface area (Å²) in [7, 11) is 0. The fourth-order valence-electron chi connectivity index (χ4n) is 12.4. The number of carboxylic acids is 3. The molecule has 0 saturated heterocycles. The predicted molar refractivity (Wildman–Crippen MR) is 504 cm³/mol. The number of primary amides is 1. The predicted octanol–water partition coefficient (Wildman–Crippen LogP) is -4.10. The normalized spacial score (nSPS) is 13.4. The summed E-state index contributed by atoms with van der Waals surface area (Å²) < 4.78 is 66.2. The highest BCUT2D eigenvalue weighted by Crippen LogP contribution is 2.21. The van der Waals surface area contributed by atoms with Gasteiger partial charge in [0.05, 0.1) is 184 Å². The molecule has 1 aromatic heterocycles. The minimum Gasteiger partial charge on any atom is -0.508 e. The lowest BCUT2D eigenvalue weighted by Gasteiger charge is -2.26. The number of carboxylic acid groups (broad SMARTS) is 3. The molecule has 0 aliphatic rings. The van der Waals surface area contributed by atoms with Crippen molar-refractivity contribution < 1.29 is 154 Å². The molecule has 0 spiro atoms. The van der Waals surface area contributed by atoms with Gasteiger partial charge in [-0.15, -0.1) is 0 Å². The fraction of sp³-hybridized carbons (Fsp3) is 0.591.